The van der Waals surface area contributed by atoms with Crippen LogP contribution < -0.4 is 4.74 Å². The summed E-state index contributed by atoms with van der Waals surface area (Å²) in [5, 5.41) is 25.1. The molecule has 3 N–H and O–H groups in total. The zero-order valence-electron chi connectivity index (χ0n) is 15.0. The molecule has 4 aromatic rings. The van der Waals surface area contributed by atoms with Crippen LogP contribution >= 0.6 is 0 Å². The monoisotopic (exact) mass is 375 g/mol. The zero-order chi connectivity index (χ0) is 19.5. The van der Waals surface area contributed by atoms with E-state index < -0.39 is 5.91 Å². The Morgan fingerprint density at radius 3 is 2.75 bits per heavy atom. The Bertz CT molecular complexity index is 1160. The lowest BCUT2D eigenvalue weighted by molar-refractivity contribution is 0.0990. The minimum Gasteiger partial charge on any atom is -0.494 e. The van der Waals surface area contributed by atoms with Gasteiger partial charge in [0.05, 0.1) is 17.8 Å². The molecule has 0 atom stereocenters. The first-order valence-electron chi connectivity index (χ1n) is 8.70. The molecule has 2 heterocycles. The van der Waals surface area contributed by atoms with Crippen molar-refractivity contribution >= 4 is 22.5 Å². The van der Waals surface area contributed by atoms with Crippen LogP contribution in [0.4, 0.5) is 5.69 Å². The second-order valence-electron chi connectivity index (χ2n) is 6.00. The minimum atomic E-state index is -0.589. The third-order valence-corrected chi connectivity index (χ3v) is 4.17. The van der Waals surface area contributed by atoms with Gasteiger partial charge in [-0.05, 0) is 43.3 Å². The van der Waals surface area contributed by atoms with Crippen molar-refractivity contribution in [2.24, 2.45) is 10.2 Å². The standard InChI is InChI=1S/C20H17N5O3/c1-2-28-13-9-7-12(8-10-13)16-11-17(23-22-16)19(26)25-24-18-14-5-3-4-6-15(14)21-20(18)27/h3-11,21,27H,2H2,1H3,(H,22,23). The lowest BCUT2D eigenvalue weighted by atomic mass is 10.1. The summed E-state index contributed by atoms with van der Waals surface area (Å²) < 4.78 is 5.41. The quantitative estimate of drug-likeness (QED) is 0.442. The van der Waals surface area contributed by atoms with Crippen LogP contribution in [0.25, 0.3) is 22.2 Å². The second-order valence-corrected chi connectivity index (χ2v) is 6.00. The summed E-state index contributed by atoms with van der Waals surface area (Å²) >= 11 is 0. The number of hydrogen-bond acceptors (Lipinski definition) is 5. The van der Waals surface area contributed by atoms with Crippen molar-refractivity contribution in [1.29, 1.82) is 0 Å². The number of nitrogens with one attached hydrogen (secondary N) is 2. The molecule has 2 aromatic heterocycles. The number of ether oxygens (including phenoxy) is 1. The molecule has 0 saturated carbocycles. The maximum Gasteiger partial charge on any atom is 0.313 e. The average Bonchev–Trinajstić information content (AvgIpc) is 3.31. The van der Waals surface area contributed by atoms with Gasteiger partial charge in [-0.25, -0.2) is 0 Å². The fourth-order valence-corrected chi connectivity index (χ4v) is 2.83. The molecule has 0 bridgehead atoms. The minimum absolute atomic E-state index is 0.141. The molecule has 28 heavy (non-hydrogen) atoms. The molecule has 0 aliphatic carbocycles. The highest BCUT2D eigenvalue weighted by Gasteiger charge is 2.13. The molecule has 140 valence electrons. The fourth-order valence-electron chi connectivity index (χ4n) is 2.83. The molecular weight excluding hydrogens is 358 g/mol. The highest BCUT2D eigenvalue weighted by atomic mass is 16.5. The van der Waals surface area contributed by atoms with Crippen LogP contribution in [0.3, 0.4) is 0 Å². The van der Waals surface area contributed by atoms with Gasteiger partial charge in [0.15, 0.2) is 5.69 Å². The number of nitrogens with zero attached hydrogens (tertiary/aromatic N) is 3. The Morgan fingerprint density at radius 1 is 1.18 bits per heavy atom. The first kappa shape index (κ1) is 17.5. The Kier molecular flexibility index (Phi) is 4.59. The summed E-state index contributed by atoms with van der Waals surface area (Å²) in [5.74, 6) is 0.0391. The van der Waals surface area contributed by atoms with Crippen LogP contribution in [-0.2, 0) is 0 Å². The average molecular weight is 375 g/mol. The van der Waals surface area contributed by atoms with Gasteiger partial charge in [0, 0.05) is 10.9 Å². The van der Waals surface area contributed by atoms with Gasteiger partial charge in [0.25, 0.3) is 0 Å². The molecule has 0 aliphatic heterocycles. The van der Waals surface area contributed by atoms with Crippen LogP contribution in [0.2, 0.25) is 0 Å². The largest absolute Gasteiger partial charge is 0.494 e. The molecule has 0 aliphatic rings. The van der Waals surface area contributed by atoms with E-state index in [1.165, 1.54) is 0 Å². The maximum absolute atomic E-state index is 12.3. The summed E-state index contributed by atoms with van der Waals surface area (Å²) in [6.07, 6.45) is 0. The van der Waals surface area contributed by atoms with Crippen LogP contribution in [0.5, 0.6) is 11.6 Å². The molecule has 0 fully saturated rings. The number of carbonyl (C=O) groups is 1. The number of carbonyl (C=O) groups excluding carboxylic acids is 1. The second kappa shape index (κ2) is 7.36. The van der Waals surface area contributed by atoms with Crippen LogP contribution in [-0.4, -0.2) is 32.8 Å². The van der Waals surface area contributed by atoms with Gasteiger partial charge in [0.1, 0.15) is 11.4 Å². The van der Waals surface area contributed by atoms with E-state index in [1.54, 1.807) is 18.2 Å². The Morgan fingerprint density at radius 2 is 1.96 bits per heavy atom. The number of aromatic amines is 2. The molecule has 4 rings (SSSR count). The molecule has 8 nitrogen and oxygen atoms in total. The number of para-hydroxylation sites is 1. The van der Waals surface area contributed by atoms with Gasteiger partial charge >= 0.3 is 5.91 Å². The smallest absolute Gasteiger partial charge is 0.313 e. The first-order chi connectivity index (χ1) is 13.7. The molecule has 0 saturated heterocycles. The van der Waals surface area contributed by atoms with E-state index in [2.05, 4.69) is 25.4 Å². The molecule has 2 aromatic carbocycles. The van der Waals surface area contributed by atoms with Crippen LogP contribution in [0, 0.1) is 0 Å². The summed E-state index contributed by atoms with van der Waals surface area (Å²) in [6, 6.07) is 16.2. The third-order valence-electron chi connectivity index (χ3n) is 4.17. The Hall–Kier alpha value is -3.94. The fraction of sp³-hybridized carbons (Fsp3) is 0.100. The van der Waals surface area contributed by atoms with E-state index in [4.69, 9.17) is 4.74 Å². The van der Waals surface area contributed by atoms with Crippen molar-refractivity contribution in [3.05, 3.63) is 60.3 Å². The van der Waals surface area contributed by atoms with E-state index in [0.717, 1.165) is 11.3 Å². The number of aromatic hydroxyl groups is 1. The van der Waals surface area contributed by atoms with Gasteiger partial charge in [-0.15, -0.1) is 10.2 Å². The molecule has 1 amide bonds. The van der Waals surface area contributed by atoms with Gasteiger partial charge in [-0.1, -0.05) is 18.2 Å². The SMILES string of the molecule is CCOc1ccc(-c2cc(C(=O)N=Nc3c(O)[nH]c4ccccc34)[nH]n2)cc1. The van der Waals surface area contributed by atoms with E-state index >= 15 is 0 Å². The molecule has 0 spiro atoms. The van der Waals surface area contributed by atoms with Crippen molar-refractivity contribution in [3.8, 4) is 22.9 Å². The number of H-pyrrole nitrogens is 2. The normalized spacial score (nSPS) is 11.3. The number of azo groups is 1. The number of rotatable bonds is 5. The Balaban J connectivity index is 1.54. The molecule has 0 unspecified atom stereocenters. The van der Waals surface area contributed by atoms with Crippen LogP contribution in [0.15, 0.2) is 64.8 Å². The number of aromatic nitrogens is 3. The highest BCUT2D eigenvalue weighted by molar-refractivity contribution is 5.96. The van der Waals surface area contributed by atoms with Gasteiger partial charge in [-0.3, -0.25) is 9.89 Å². The van der Waals surface area contributed by atoms with Crippen molar-refractivity contribution in [2.45, 2.75) is 6.92 Å². The predicted molar refractivity (Wildman–Crippen MR) is 104 cm³/mol. The summed E-state index contributed by atoms with van der Waals surface area (Å²) in [4.78, 5) is 15.1. The summed E-state index contributed by atoms with van der Waals surface area (Å²) in [6.45, 7) is 2.52. The van der Waals surface area contributed by atoms with Crippen molar-refractivity contribution in [1.82, 2.24) is 15.2 Å². The maximum atomic E-state index is 12.3. The molecular formula is C20H17N5O3. The van der Waals surface area contributed by atoms with Crippen molar-refractivity contribution in [2.75, 3.05) is 6.61 Å². The number of benzene rings is 2. The lowest BCUT2D eigenvalue weighted by Crippen LogP contribution is -1.93. The topological polar surface area (TPSA) is 116 Å². The molecule has 8 heteroatoms. The summed E-state index contributed by atoms with van der Waals surface area (Å²) in [5.41, 5.74) is 2.57. The van der Waals surface area contributed by atoms with E-state index in [-0.39, 0.29) is 17.3 Å². The van der Waals surface area contributed by atoms with Gasteiger partial charge in [0.2, 0.25) is 5.88 Å². The van der Waals surface area contributed by atoms with Gasteiger partial charge < -0.3 is 14.8 Å². The first-order valence-corrected chi connectivity index (χ1v) is 8.70. The van der Waals surface area contributed by atoms with Crippen molar-refractivity contribution in [3.63, 3.8) is 0 Å². The number of fused-ring (bicyclic) bond motifs is 1. The highest BCUT2D eigenvalue weighted by Crippen LogP contribution is 2.35. The summed E-state index contributed by atoms with van der Waals surface area (Å²) in [7, 11) is 0. The van der Waals surface area contributed by atoms with E-state index in [9.17, 15) is 9.90 Å². The number of amides is 1. The lowest BCUT2D eigenvalue weighted by Gasteiger charge is -2.02. The number of hydrogen-bond donors (Lipinski definition) is 3. The van der Waals surface area contributed by atoms with Gasteiger partial charge in [-0.2, -0.15) is 5.10 Å². The van der Waals surface area contributed by atoms with Crippen LogP contribution in [0.1, 0.15) is 17.4 Å². The molecule has 0 radical (unpaired) electrons. The zero-order valence-corrected chi connectivity index (χ0v) is 15.0. The van der Waals surface area contributed by atoms with E-state index in [1.807, 2.05) is 43.3 Å². The third kappa shape index (κ3) is 3.35. The Labute approximate surface area is 159 Å². The van der Waals surface area contributed by atoms with E-state index in [0.29, 0.717) is 23.2 Å². The van der Waals surface area contributed by atoms with Crippen molar-refractivity contribution < 1.29 is 14.6 Å². The predicted octanol–water partition coefficient (Wildman–Crippen LogP) is 4.59.